The number of nitrogens with two attached hydrogens (primary N) is 1. The van der Waals surface area contributed by atoms with Gasteiger partial charge in [0.1, 0.15) is 0 Å². The molecule has 2 atom stereocenters. The first kappa shape index (κ1) is 13.5. The van der Waals surface area contributed by atoms with E-state index in [-0.39, 0.29) is 12.1 Å². The second kappa shape index (κ2) is 4.84. The maximum atomic E-state index is 12.7. The van der Waals surface area contributed by atoms with Gasteiger partial charge in [0.15, 0.2) is 0 Å². The van der Waals surface area contributed by atoms with Crippen LogP contribution < -0.4 is 5.73 Å². The standard InChI is InChI=1S/C15H18N2O2S/c1-11-15(16)8-9-17(11)20(18,19)14-7-6-12-4-2-3-5-13(12)10-14/h2-7,10-11,15H,8-9,16H2,1H3. The van der Waals surface area contributed by atoms with Crippen LogP contribution in [0.5, 0.6) is 0 Å². The lowest BCUT2D eigenvalue weighted by molar-refractivity contribution is 0.393. The van der Waals surface area contributed by atoms with Gasteiger partial charge in [-0.1, -0.05) is 30.3 Å². The zero-order chi connectivity index (χ0) is 14.3. The van der Waals surface area contributed by atoms with Crippen LogP contribution in [-0.2, 0) is 10.0 Å². The number of fused-ring (bicyclic) bond motifs is 1. The Morgan fingerprint density at radius 1 is 1.15 bits per heavy atom. The fourth-order valence-electron chi connectivity index (χ4n) is 2.74. The summed E-state index contributed by atoms with van der Waals surface area (Å²) in [6, 6.07) is 12.8. The van der Waals surface area contributed by atoms with E-state index in [9.17, 15) is 8.42 Å². The highest BCUT2D eigenvalue weighted by Gasteiger charge is 2.37. The van der Waals surface area contributed by atoms with Crippen molar-refractivity contribution in [3.05, 3.63) is 42.5 Å². The normalized spacial score (nSPS) is 24.3. The van der Waals surface area contributed by atoms with Crippen LogP contribution in [0.1, 0.15) is 13.3 Å². The fraction of sp³-hybridized carbons (Fsp3) is 0.333. The third-order valence-corrected chi connectivity index (χ3v) is 6.07. The average Bonchev–Trinajstić information content (AvgIpc) is 2.79. The third kappa shape index (κ3) is 2.12. The van der Waals surface area contributed by atoms with Crippen LogP contribution >= 0.6 is 0 Å². The maximum Gasteiger partial charge on any atom is 0.243 e. The van der Waals surface area contributed by atoms with Gasteiger partial charge in [-0.25, -0.2) is 8.42 Å². The lowest BCUT2D eigenvalue weighted by atomic mass is 10.1. The molecule has 2 unspecified atom stereocenters. The van der Waals surface area contributed by atoms with Crippen molar-refractivity contribution in [1.82, 2.24) is 4.31 Å². The van der Waals surface area contributed by atoms with E-state index in [1.807, 2.05) is 37.3 Å². The minimum atomic E-state index is -3.46. The molecule has 0 radical (unpaired) electrons. The minimum absolute atomic E-state index is 0.0785. The SMILES string of the molecule is CC1C(N)CCN1S(=O)(=O)c1ccc2ccccc2c1. The Kier molecular flexibility index (Phi) is 3.28. The zero-order valence-electron chi connectivity index (χ0n) is 11.4. The molecule has 0 aromatic heterocycles. The molecule has 106 valence electrons. The maximum absolute atomic E-state index is 12.7. The summed E-state index contributed by atoms with van der Waals surface area (Å²) in [6.45, 7) is 2.37. The second-order valence-electron chi connectivity index (χ2n) is 5.32. The van der Waals surface area contributed by atoms with Gasteiger partial charge in [-0.05, 0) is 36.2 Å². The summed E-state index contributed by atoms with van der Waals surface area (Å²) in [6.07, 6.45) is 0.716. The molecule has 2 aromatic carbocycles. The molecule has 0 bridgehead atoms. The van der Waals surface area contributed by atoms with E-state index in [4.69, 9.17) is 5.73 Å². The Morgan fingerprint density at radius 2 is 1.85 bits per heavy atom. The van der Waals surface area contributed by atoms with E-state index < -0.39 is 10.0 Å². The molecule has 1 saturated heterocycles. The summed E-state index contributed by atoms with van der Waals surface area (Å²) in [5.41, 5.74) is 5.93. The molecule has 0 aliphatic carbocycles. The Labute approximate surface area is 119 Å². The van der Waals surface area contributed by atoms with Crippen LogP contribution in [0.15, 0.2) is 47.4 Å². The van der Waals surface area contributed by atoms with Crippen molar-refractivity contribution in [3.63, 3.8) is 0 Å². The summed E-state index contributed by atoms with van der Waals surface area (Å²) in [4.78, 5) is 0.345. The second-order valence-corrected chi connectivity index (χ2v) is 7.21. The Hall–Kier alpha value is -1.43. The quantitative estimate of drug-likeness (QED) is 0.919. The molecule has 4 nitrogen and oxygen atoms in total. The Balaban J connectivity index is 2.05. The van der Waals surface area contributed by atoms with Gasteiger partial charge in [0.2, 0.25) is 10.0 Å². The molecule has 2 aromatic rings. The van der Waals surface area contributed by atoms with E-state index in [1.165, 1.54) is 4.31 Å². The molecule has 20 heavy (non-hydrogen) atoms. The van der Waals surface area contributed by atoms with Crippen molar-refractivity contribution in [2.24, 2.45) is 5.73 Å². The molecule has 2 N–H and O–H groups in total. The van der Waals surface area contributed by atoms with Crippen molar-refractivity contribution < 1.29 is 8.42 Å². The van der Waals surface area contributed by atoms with Gasteiger partial charge >= 0.3 is 0 Å². The van der Waals surface area contributed by atoms with Gasteiger partial charge in [0.05, 0.1) is 4.90 Å². The largest absolute Gasteiger partial charge is 0.326 e. The highest BCUT2D eigenvalue weighted by Crippen LogP contribution is 2.27. The van der Waals surface area contributed by atoms with Crippen LogP contribution in [0.4, 0.5) is 0 Å². The van der Waals surface area contributed by atoms with Crippen LogP contribution in [0.2, 0.25) is 0 Å². The molecule has 1 heterocycles. The number of hydrogen-bond donors (Lipinski definition) is 1. The molecule has 1 fully saturated rings. The van der Waals surface area contributed by atoms with Gasteiger partial charge in [-0.3, -0.25) is 0 Å². The third-order valence-electron chi connectivity index (χ3n) is 4.08. The van der Waals surface area contributed by atoms with Crippen molar-refractivity contribution in [1.29, 1.82) is 0 Å². The van der Waals surface area contributed by atoms with Crippen molar-refractivity contribution in [3.8, 4) is 0 Å². The lowest BCUT2D eigenvalue weighted by Crippen LogP contribution is -2.40. The van der Waals surface area contributed by atoms with Crippen LogP contribution in [0.25, 0.3) is 10.8 Å². The fourth-order valence-corrected chi connectivity index (χ4v) is 4.46. The van der Waals surface area contributed by atoms with Crippen molar-refractivity contribution in [2.45, 2.75) is 30.3 Å². The first-order chi connectivity index (χ1) is 9.50. The predicted octanol–water partition coefficient (Wildman–Crippen LogP) is 1.95. The van der Waals surface area contributed by atoms with Gasteiger partial charge in [0, 0.05) is 18.6 Å². The first-order valence-electron chi connectivity index (χ1n) is 6.76. The highest BCUT2D eigenvalue weighted by molar-refractivity contribution is 7.89. The van der Waals surface area contributed by atoms with Crippen LogP contribution in [0.3, 0.4) is 0 Å². The van der Waals surface area contributed by atoms with Crippen LogP contribution in [-0.4, -0.2) is 31.4 Å². The van der Waals surface area contributed by atoms with E-state index >= 15 is 0 Å². The van der Waals surface area contributed by atoms with Gasteiger partial charge < -0.3 is 5.73 Å². The number of hydrogen-bond acceptors (Lipinski definition) is 3. The summed E-state index contributed by atoms with van der Waals surface area (Å²) >= 11 is 0. The van der Waals surface area contributed by atoms with E-state index in [0.717, 1.165) is 10.8 Å². The lowest BCUT2D eigenvalue weighted by Gasteiger charge is -2.22. The zero-order valence-corrected chi connectivity index (χ0v) is 12.2. The summed E-state index contributed by atoms with van der Waals surface area (Å²) in [7, 11) is -3.46. The molecular formula is C15H18N2O2S. The van der Waals surface area contributed by atoms with Gasteiger partial charge in [-0.2, -0.15) is 4.31 Å². The van der Waals surface area contributed by atoms with E-state index in [1.54, 1.807) is 12.1 Å². The topological polar surface area (TPSA) is 63.4 Å². The molecule has 1 aliphatic heterocycles. The van der Waals surface area contributed by atoms with Crippen LogP contribution in [0, 0.1) is 0 Å². The molecular weight excluding hydrogens is 272 g/mol. The van der Waals surface area contributed by atoms with E-state index in [2.05, 4.69) is 0 Å². The molecule has 0 saturated carbocycles. The number of sulfonamides is 1. The number of rotatable bonds is 2. The molecule has 5 heteroatoms. The minimum Gasteiger partial charge on any atom is -0.326 e. The predicted molar refractivity (Wildman–Crippen MR) is 79.9 cm³/mol. The summed E-state index contributed by atoms with van der Waals surface area (Å²) in [5.74, 6) is 0. The molecule has 1 aliphatic rings. The number of nitrogens with zero attached hydrogens (tertiary/aromatic N) is 1. The monoisotopic (exact) mass is 290 g/mol. The summed E-state index contributed by atoms with van der Waals surface area (Å²) in [5, 5.41) is 1.97. The number of benzene rings is 2. The van der Waals surface area contributed by atoms with Gasteiger partial charge in [-0.15, -0.1) is 0 Å². The molecule has 0 amide bonds. The molecule has 3 rings (SSSR count). The van der Waals surface area contributed by atoms with Crippen molar-refractivity contribution in [2.75, 3.05) is 6.54 Å². The smallest absolute Gasteiger partial charge is 0.243 e. The highest BCUT2D eigenvalue weighted by atomic mass is 32.2. The first-order valence-corrected chi connectivity index (χ1v) is 8.20. The van der Waals surface area contributed by atoms with Gasteiger partial charge in [0.25, 0.3) is 0 Å². The molecule has 0 spiro atoms. The van der Waals surface area contributed by atoms with Crippen molar-refractivity contribution >= 4 is 20.8 Å². The average molecular weight is 290 g/mol. The van der Waals surface area contributed by atoms with E-state index in [0.29, 0.717) is 17.9 Å². The summed E-state index contributed by atoms with van der Waals surface area (Å²) < 4.78 is 26.9. The Bertz CT molecular complexity index is 742. The Morgan fingerprint density at radius 3 is 2.50 bits per heavy atom.